The first-order valence-corrected chi connectivity index (χ1v) is 6.38. The fourth-order valence-corrected chi connectivity index (χ4v) is 1.71. The molecule has 0 heterocycles. The lowest BCUT2D eigenvalue weighted by Gasteiger charge is -2.31. The number of hydrogen-bond acceptors (Lipinski definition) is 3. The molecule has 0 bridgehead atoms. The Labute approximate surface area is 105 Å². The molecule has 0 fully saturated rings. The first kappa shape index (κ1) is 16.2. The zero-order chi connectivity index (χ0) is 13.6. The van der Waals surface area contributed by atoms with Crippen LogP contribution in [0.3, 0.4) is 0 Å². The maximum absolute atomic E-state index is 11.9. The Balaban J connectivity index is 4.48. The molecule has 4 nitrogen and oxygen atoms in total. The molecule has 2 N–H and O–H groups in total. The first-order valence-electron chi connectivity index (χ1n) is 6.38. The van der Waals surface area contributed by atoms with Gasteiger partial charge in [0, 0.05) is 19.1 Å². The summed E-state index contributed by atoms with van der Waals surface area (Å²) in [5.74, 6) is 0. The Morgan fingerprint density at radius 3 is 2.29 bits per heavy atom. The van der Waals surface area contributed by atoms with E-state index < -0.39 is 5.60 Å². The maximum atomic E-state index is 11.9. The lowest BCUT2D eigenvalue weighted by atomic mass is 10.0. The van der Waals surface area contributed by atoms with Crippen LogP contribution in [0.2, 0.25) is 0 Å². The number of nitrogens with two attached hydrogens (primary N) is 1. The van der Waals surface area contributed by atoms with Crippen molar-refractivity contribution in [3.63, 3.8) is 0 Å². The summed E-state index contributed by atoms with van der Waals surface area (Å²) in [6.45, 7) is 9.69. The van der Waals surface area contributed by atoms with Gasteiger partial charge in [0.15, 0.2) is 0 Å². The molecule has 1 unspecified atom stereocenters. The Hall–Kier alpha value is -0.770. The fraction of sp³-hybridized carbons (Fsp3) is 0.923. The molecule has 0 aromatic rings. The second-order valence-electron chi connectivity index (χ2n) is 5.75. The molecule has 0 aromatic carbocycles. The van der Waals surface area contributed by atoms with Crippen LogP contribution in [0.5, 0.6) is 0 Å². The van der Waals surface area contributed by atoms with E-state index in [0.29, 0.717) is 0 Å². The number of nitrogens with zero attached hydrogens (tertiary/aromatic N) is 1. The van der Waals surface area contributed by atoms with Crippen LogP contribution in [0.15, 0.2) is 0 Å². The van der Waals surface area contributed by atoms with Crippen molar-refractivity contribution in [3.8, 4) is 0 Å². The van der Waals surface area contributed by atoms with Gasteiger partial charge >= 0.3 is 6.09 Å². The summed E-state index contributed by atoms with van der Waals surface area (Å²) in [5.41, 5.74) is 5.36. The third-order valence-electron chi connectivity index (χ3n) is 2.49. The number of carbonyl (C=O) groups excluding carboxylic acids is 1. The van der Waals surface area contributed by atoms with Crippen LogP contribution in [0, 0.1) is 0 Å². The van der Waals surface area contributed by atoms with Gasteiger partial charge in [-0.3, -0.25) is 0 Å². The first-order chi connectivity index (χ1) is 7.67. The predicted molar refractivity (Wildman–Crippen MR) is 71.0 cm³/mol. The largest absolute Gasteiger partial charge is 0.444 e. The topological polar surface area (TPSA) is 55.6 Å². The van der Waals surface area contributed by atoms with Gasteiger partial charge in [-0.15, -0.1) is 0 Å². The average molecular weight is 244 g/mol. The van der Waals surface area contributed by atoms with Crippen molar-refractivity contribution in [2.24, 2.45) is 5.73 Å². The second kappa shape index (κ2) is 6.84. The van der Waals surface area contributed by atoms with Crippen molar-refractivity contribution in [2.45, 2.75) is 71.6 Å². The number of ether oxygens (including phenoxy) is 1. The molecule has 17 heavy (non-hydrogen) atoms. The van der Waals surface area contributed by atoms with Gasteiger partial charge in [0.05, 0.1) is 0 Å². The van der Waals surface area contributed by atoms with E-state index in [4.69, 9.17) is 10.5 Å². The van der Waals surface area contributed by atoms with Gasteiger partial charge in [0.2, 0.25) is 0 Å². The van der Waals surface area contributed by atoms with E-state index in [1.165, 1.54) is 0 Å². The van der Waals surface area contributed by atoms with E-state index in [0.717, 1.165) is 19.3 Å². The van der Waals surface area contributed by atoms with Crippen LogP contribution in [0.25, 0.3) is 0 Å². The summed E-state index contributed by atoms with van der Waals surface area (Å²) in [4.78, 5) is 13.6. The van der Waals surface area contributed by atoms with E-state index in [2.05, 4.69) is 6.92 Å². The molecule has 0 aliphatic carbocycles. The molecular weight excluding hydrogens is 216 g/mol. The zero-order valence-corrected chi connectivity index (χ0v) is 12.1. The molecule has 4 heteroatoms. The van der Waals surface area contributed by atoms with Gasteiger partial charge in [0.25, 0.3) is 0 Å². The van der Waals surface area contributed by atoms with E-state index in [-0.39, 0.29) is 18.2 Å². The Morgan fingerprint density at radius 1 is 1.41 bits per heavy atom. The Morgan fingerprint density at radius 2 is 1.94 bits per heavy atom. The van der Waals surface area contributed by atoms with Crippen LogP contribution >= 0.6 is 0 Å². The third-order valence-corrected chi connectivity index (χ3v) is 2.49. The lowest BCUT2D eigenvalue weighted by molar-refractivity contribution is 0.0202. The van der Waals surface area contributed by atoms with Crippen molar-refractivity contribution < 1.29 is 9.53 Å². The number of amides is 1. The molecule has 0 spiro atoms. The minimum atomic E-state index is -0.448. The number of rotatable bonds is 5. The highest BCUT2D eigenvalue weighted by molar-refractivity contribution is 5.68. The summed E-state index contributed by atoms with van der Waals surface area (Å²) in [7, 11) is 1.79. The smallest absolute Gasteiger partial charge is 0.410 e. The van der Waals surface area contributed by atoms with Crippen molar-refractivity contribution in [1.82, 2.24) is 4.90 Å². The molecule has 102 valence electrons. The maximum Gasteiger partial charge on any atom is 0.410 e. The summed E-state index contributed by atoms with van der Waals surface area (Å²) in [6, 6.07) is 0.256. The molecule has 1 amide bonds. The van der Waals surface area contributed by atoms with Crippen LogP contribution in [-0.4, -0.2) is 35.7 Å². The molecule has 2 atom stereocenters. The van der Waals surface area contributed by atoms with Gasteiger partial charge in [-0.2, -0.15) is 0 Å². The van der Waals surface area contributed by atoms with Crippen LogP contribution in [-0.2, 0) is 4.74 Å². The molecule has 0 aromatic heterocycles. The molecule has 0 saturated carbocycles. The lowest BCUT2D eigenvalue weighted by Crippen LogP contribution is -2.42. The zero-order valence-electron chi connectivity index (χ0n) is 12.1. The van der Waals surface area contributed by atoms with Crippen LogP contribution in [0.1, 0.15) is 53.9 Å². The quantitative estimate of drug-likeness (QED) is 0.809. The van der Waals surface area contributed by atoms with Crippen LogP contribution < -0.4 is 5.73 Å². The minimum absolute atomic E-state index is 0.0939. The van der Waals surface area contributed by atoms with E-state index in [1.807, 2.05) is 27.7 Å². The number of carbonyl (C=O) groups is 1. The van der Waals surface area contributed by atoms with Gasteiger partial charge < -0.3 is 15.4 Å². The van der Waals surface area contributed by atoms with E-state index in [9.17, 15) is 4.79 Å². The SMILES string of the molecule is CCC[C@H](CC(C)N)N(C)C(=O)OC(C)(C)C. The molecule has 0 rings (SSSR count). The molecule has 0 saturated heterocycles. The monoisotopic (exact) mass is 244 g/mol. The highest BCUT2D eigenvalue weighted by Gasteiger charge is 2.25. The molecule has 0 radical (unpaired) electrons. The van der Waals surface area contributed by atoms with Crippen LogP contribution in [0.4, 0.5) is 4.79 Å². The molecule has 0 aliphatic heterocycles. The van der Waals surface area contributed by atoms with E-state index >= 15 is 0 Å². The normalized spacial score (nSPS) is 15.2. The van der Waals surface area contributed by atoms with Crippen molar-refractivity contribution in [2.75, 3.05) is 7.05 Å². The Bertz CT molecular complexity index is 234. The summed E-state index contributed by atoms with van der Waals surface area (Å²) in [6.07, 6.45) is 2.53. The van der Waals surface area contributed by atoms with Crippen molar-refractivity contribution in [3.05, 3.63) is 0 Å². The standard InChI is InChI=1S/C13H28N2O2/c1-7-8-11(9-10(2)14)15(6)12(16)17-13(3,4)5/h10-11H,7-9,14H2,1-6H3/t10?,11-/m1/s1. The molecular formula is C13H28N2O2. The van der Waals surface area contributed by atoms with Crippen molar-refractivity contribution >= 4 is 6.09 Å². The predicted octanol–water partition coefficient (Wildman–Crippen LogP) is 2.76. The highest BCUT2D eigenvalue weighted by Crippen LogP contribution is 2.15. The van der Waals surface area contributed by atoms with Crippen molar-refractivity contribution in [1.29, 1.82) is 0 Å². The second-order valence-corrected chi connectivity index (χ2v) is 5.75. The summed E-state index contributed by atoms with van der Waals surface area (Å²) >= 11 is 0. The third kappa shape index (κ3) is 7.21. The van der Waals surface area contributed by atoms with Gasteiger partial charge in [-0.1, -0.05) is 13.3 Å². The summed E-state index contributed by atoms with van der Waals surface area (Å²) < 4.78 is 5.35. The number of hydrogen-bond donors (Lipinski definition) is 1. The average Bonchev–Trinajstić information content (AvgIpc) is 2.12. The van der Waals surface area contributed by atoms with Gasteiger partial charge in [-0.25, -0.2) is 4.79 Å². The Kier molecular flexibility index (Phi) is 6.53. The minimum Gasteiger partial charge on any atom is -0.444 e. The fourth-order valence-electron chi connectivity index (χ4n) is 1.71. The highest BCUT2D eigenvalue weighted by atomic mass is 16.6. The van der Waals surface area contributed by atoms with E-state index in [1.54, 1.807) is 11.9 Å². The van der Waals surface area contributed by atoms with Gasteiger partial charge in [0.1, 0.15) is 5.60 Å². The summed E-state index contributed by atoms with van der Waals surface area (Å²) in [5, 5.41) is 0. The molecule has 0 aliphatic rings. The van der Waals surface area contributed by atoms with Gasteiger partial charge in [-0.05, 0) is 40.5 Å².